The van der Waals surface area contributed by atoms with Gasteiger partial charge in [-0.25, -0.2) is 9.18 Å². The number of hydrogen-bond acceptors (Lipinski definition) is 3. The summed E-state index contributed by atoms with van der Waals surface area (Å²) in [6.07, 6.45) is -1.72. The number of hydrogen-bond donors (Lipinski definition) is 1. The normalized spacial score (nSPS) is 41.1. The molecular formula is C6H9FO3. The van der Waals surface area contributed by atoms with Crippen molar-refractivity contribution < 1.29 is 19.0 Å². The molecule has 0 aromatic heterocycles. The molecule has 0 radical (unpaired) electrons. The van der Waals surface area contributed by atoms with E-state index in [9.17, 15) is 9.18 Å². The molecule has 0 bridgehead atoms. The molecule has 3 nitrogen and oxygen atoms in total. The summed E-state index contributed by atoms with van der Waals surface area (Å²) >= 11 is 0. The van der Waals surface area contributed by atoms with Gasteiger partial charge >= 0.3 is 5.97 Å². The van der Waals surface area contributed by atoms with Crippen LogP contribution in [0.5, 0.6) is 0 Å². The number of rotatable bonds is 0. The summed E-state index contributed by atoms with van der Waals surface area (Å²) in [5.74, 6) is -0.962. The van der Waals surface area contributed by atoms with E-state index < -0.39 is 17.7 Å². The first-order valence-corrected chi connectivity index (χ1v) is 3.07. The third-order valence-electron chi connectivity index (χ3n) is 1.61. The topological polar surface area (TPSA) is 46.5 Å². The fraction of sp³-hybridized carbons (Fsp3) is 0.833. The van der Waals surface area contributed by atoms with Gasteiger partial charge < -0.3 is 9.84 Å². The minimum atomic E-state index is -1.89. The third-order valence-corrected chi connectivity index (χ3v) is 1.61. The first-order valence-electron chi connectivity index (χ1n) is 3.07. The smallest absolute Gasteiger partial charge is 0.343 e. The summed E-state index contributed by atoms with van der Waals surface area (Å²) in [6, 6.07) is 0. The van der Waals surface area contributed by atoms with Gasteiger partial charge in [0.2, 0.25) is 6.17 Å². The molecule has 0 aromatic carbocycles. The van der Waals surface area contributed by atoms with Crippen LogP contribution in [0, 0.1) is 0 Å². The molecular weight excluding hydrogens is 139 g/mol. The molecule has 1 rings (SSSR count). The number of alkyl halides is 1. The maximum absolute atomic E-state index is 12.6. The molecule has 1 fully saturated rings. The highest BCUT2D eigenvalue weighted by Gasteiger charge is 2.42. The Labute approximate surface area is 57.8 Å². The maximum atomic E-state index is 12.6. The van der Waals surface area contributed by atoms with Crippen molar-refractivity contribution in [3.63, 3.8) is 0 Å². The van der Waals surface area contributed by atoms with Crippen molar-refractivity contribution in [1.29, 1.82) is 0 Å². The van der Waals surface area contributed by atoms with Gasteiger partial charge in [-0.3, -0.25) is 0 Å². The van der Waals surface area contributed by atoms with Gasteiger partial charge in [0.25, 0.3) is 0 Å². The number of cyclic esters (lactones) is 1. The van der Waals surface area contributed by atoms with E-state index in [0.29, 0.717) is 0 Å². The highest BCUT2D eigenvalue weighted by Crippen LogP contribution is 2.23. The highest BCUT2D eigenvalue weighted by atomic mass is 19.1. The standard InChI is InChI=1S/C6H9FO3/c1-6(9)2-3-10-5(8)4(6)7/h4,9H,2-3H2,1H3/t4-,6-/m0/s1. The predicted octanol–water partition coefficient (Wildman–Crippen LogP) is 0.0224. The Morgan fingerprint density at radius 2 is 2.50 bits per heavy atom. The lowest BCUT2D eigenvalue weighted by Gasteiger charge is -2.29. The quantitative estimate of drug-likeness (QED) is 0.493. The van der Waals surface area contributed by atoms with Gasteiger partial charge in [0.1, 0.15) is 5.60 Å². The van der Waals surface area contributed by atoms with Crippen LogP contribution < -0.4 is 0 Å². The van der Waals surface area contributed by atoms with Crippen molar-refractivity contribution in [2.24, 2.45) is 0 Å². The molecule has 1 aliphatic rings. The Morgan fingerprint density at radius 3 is 2.90 bits per heavy atom. The van der Waals surface area contributed by atoms with Crippen molar-refractivity contribution in [2.45, 2.75) is 25.1 Å². The lowest BCUT2D eigenvalue weighted by Crippen LogP contribution is -2.47. The molecule has 0 amide bonds. The van der Waals surface area contributed by atoms with Crippen molar-refractivity contribution in [3.8, 4) is 0 Å². The average Bonchev–Trinajstić information content (AvgIpc) is 1.83. The molecule has 10 heavy (non-hydrogen) atoms. The van der Waals surface area contributed by atoms with Gasteiger partial charge in [-0.1, -0.05) is 0 Å². The second kappa shape index (κ2) is 2.20. The molecule has 1 aliphatic heterocycles. The van der Waals surface area contributed by atoms with E-state index in [2.05, 4.69) is 4.74 Å². The number of carbonyl (C=O) groups excluding carboxylic acids is 1. The second-order valence-corrected chi connectivity index (χ2v) is 2.64. The largest absolute Gasteiger partial charge is 0.463 e. The monoisotopic (exact) mass is 148 g/mol. The summed E-state index contributed by atoms with van der Waals surface area (Å²) in [6.45, 7) is 1.39. The van der Waals surface area contributed by atoms with Crippen LogP contribution in [0.1, 0.15) is 13.3 Å². The molecule has 0 aliphatic carbocycles. The predicted molar refractivity (Wildman–Crippen MR) is 31.1 cm³/mol. The van der Waals surface area contributed by atoms with Crippen molar-refractivity contribution in [1.82, 2.24) is 0 Å². The van der Waals surface area contributed by atoms with Gasteiger partial charge in [0.05, 0.1) is 6.61 Å². The van der Waals surface area contributed by atoms with Crippen molar-refractivity contribution in [3.05, 3.63) is 0 Å². The van der Waals surface area contributed by atoms with Crippen molar-refractivity contribution >= 4 is 5.97 Å². The van der Waals surface area contributed by atoms with E-state index in [1.54, 1.807) is 0 Å². The van der Waals surface area contributed by atoms with Crippen LogP contribution in [0.4, 0.5) is 4.39 Å². The van der Waals surface area contributed by atoms with E-state index >= 15 is 0 Å². The first kappa shape index (κ1) is 7.47. The average molecular weight is 148 g/mol. The Balaban J connectivity index is 2.69. The lowest BCUT2D eigenvalue weighted by atomic mass is 9.95. The molecule has 0 unspecified atom stereocenters. The minimum absolute atomic E-state index is 0.103. The molecule has 1 heterocycles. The lowest BCUT2D eigenvalue weighted by molar-refractivity contribution is -0.173. The van der Waals surface area contributed by atoms with E-state index in [1.165, 1.54) is 6.92 Å². The van der Waals surface area contributed by atoms with Crippen LogP contribution in [0.15, 0.2) is 0 Å². The Bertz CT molecular complexity index is 155. The number of esters is 1. The zero-order valence-corrected chi connectivity index (χ0v) is 5.63. The summed E-state index contributed by atoms with van der Waals surface area (Å²) in [4.78, 5) is 10.5. The zero-order valence-electron chi connectivity index (χ0n) is 5.63. The second-order valence-electron chi connectivity index (χ2n) is 2.64. The number of aliphatic hydroxyl groups is 1. The first-order chi connectivity index (χ1) is 4.54. The van der Waals surface area contributed by atoms with Crippen LogP contribution in [0.3, 0.4) is 0 Å². The molecule has 1 saturated heterocycles. The third kappa shape index (κ3) is 1.11. The number of ether oxygens (including phenoxy) is 1. The Morgan fingerprint density at radius 1 is 1.90 bits per heavy atom. The fourth-order valence-electron chi connectivity index (χ4n) is 0.812. The minimum Gasteiger partial charge on any atom is -0.463 e. The molecule has 0 spiro atoms. The maximum Gasteiger partial charge on any atom is 0.343 e. The highest BCUT2D eigenvalue weighted by molar-refractivity contribution is 5.76. The van der Waals surface area contributed by atoms with E-state index in [0.717, 1.165) is 0 Å². The molecule has 1 N–H and O–H groups in total. The number of halogens is 1. The van der Waals surface area contributed by atoms with E-state index in [1.807, 2.05) is 0 Å². The van der Waals surface area contributed by atoms with Crippen LogP contribution in [-0.2, 0) is 9.53 Å². The number of carbonyl (C=O) groups is 1. The van der Waals surface area contributed by atoms with Gasteiger partial charge in [-0.05, 0) is 6.92 Å². The van der Waals surface area contributed by atoms with Gasteiger partial charge in [-0.15, -0.1) is 0 Å². The van der Waals surface area contributed by atoms with E-state index in [4.69, 9.17) is 5.11 Å². The molecule has 4 heteroatoms. The molecule has 2 atom stereocenters. The molecule has 0 saturated carbocycles. The van der Waals surface area contributed by atoms with Crippen LogP contribution in [0.2, 0.25) is 0 Å². The summed E-state index contributed by atoms with van der Waals surface area (Å²) < 4.78 is 17.0. The van der Waals surface area contributed by atoms with Crippen LogP contribution in [-0.4, -0.2) is 29.5 Å². The summed E-state index contributed by atoms with van der Waals surface area (Å²) in [5, 5.41) is 9.14. The van der Waals surface area contributed by atoms with Crippen LogP contribution >= 0.6 is 0 Å². The van der Waals surface area contributed by atoms with Gasteiger partial charge in [-0.2, -0.15) is 0 Å². The van der Waals surface area contributed by atoms with Crippen LogP contribution in [0.25, 0.3) is 0 Å². The molecule has 0 aromatic rings. The van der Waals surface area contributed by atoms with Gasteiger partial charge in [0, 0.05) is 6.42 Å². The summed E-state index contributed by atoms with van der Waals surface area (Å²) in [7, 11) is 0. The van der Waals surface area contributed by atoms with E-state index in [-0.39, 0.29) is 13.0 Å². The Hall–Kier alpha value is -0.640. The zero-order chi connectivity index (χ0) is 7.78. The Kier molecular flexibility index (Phi) is 1.64. The molecule has 58 valence electrons. The fourth-order valence-corrected chi connectivity index (χ4v) is 0.812. The van der Waals surface area contributed by atoms with Gasteiger partial charge in [0.15, 0.2) is 0 Å². The SMILES string of the molecule is C[C@]1(O)CCOC(=O)[C@@H]1F. The van der Waals surface area contributed by atoms with Crippen molar-refractivity contribution in [2.75, 3.05) is 6.61 Å². The summed E-state index contributed by atoms with van der Waals surface area (Å²) in [5.41, 5.74) is -1.53.